The number of rotatable bonds is 4. The molecule has 0 aromatic heterocycles. The molecule has 0 saturated carbocycles. The average molecular weight is 229 g/mol. The second-order valence-electron chi connectivity index (χ2n) is 5.32. The number of carboxylic acid groups (broad SMARTS) is 1. The van der Waals surface area contributed by atoms with Crippen molar-refractivity contribution in [2.45, 2.75) is 46.3 Å². The summed E-state index contributed by atoms with van der Waals surface area (Å²) in [5.74, 6) is -0.735. The number of carbonyl (C=O) groups is 1. The van der Waals surface area contributed by atoms with Crippen LogP contribution in [0, 0.1) is 5.41 Å². The van der Waals surface area contributed by atoms with Gasteiger partial charge in [0, 0.05) is 19.1 Å². The standard InChI is InChI=1S/C12H23NO3/c1-5-10-7-16-9(2)6-13(10)8-12(3,4)11(14)15/h9-10H,5-8H2,1-4H3,(H,14,15). The Bertz CT molecular complexity index is 253. The van der Waals surface area contributed by atoms with E-state index in [0.717, 1.165) is 13.0 Å². The molecule has 1 aliphatic heterocycles. The molecule has 4 nitrogen and oxygen atoms in total. The predicted octanol–water partition coefficient (Wildman–Crippen LogP) is 1.60. The molecule has 0 bridgehead atoms. The van der Waals surface area contributed by atoms with E-state index < -0.39 is 11.4 Å². The second kappa shape index (κ2) is 5.15. The first-order valence-electron chi connectivity index (χ1n) is 5.96. The van der Waals surface area contributed by atoms with Gasteiger partial charge >= 0.3 is 5.97 Å². The van der Waals surface area contributed by atoms with Crippen molar-refractivity contribution >= 4 is 5.97 Å². The van der Waals surface area contributed by atoms with Crippen LogP contribution in [-0.2, 0) is 9.53 Å². The van der Waals surface area contributed by atoms with Crippen LogP contribution in [0.2, 0.25) is 0 Å². The quantitative estimate of drug-likeness (QED) is 0.795. The van der Waals surface area contributed by atoms with Gasteiger partial charge in [0.05, 0.1) is 18.1 Å². The van der Waals surface area contributed by atoms with Gasteiger partial charge < -0.3 is 9.84 Å². The molecule has 1 aliphatic rings. The third-order valence-corrected chi connectivity index (χ3v) is 3.23. The Morgan fingerprint density at radius 1 is 1.56 bits per heavy atom. The SMILES string of the molecule is CCC1COC(C)CN1CC(C)(C)C(=O)O. The van der Waals surface area contributed by atoms with Gasteiger partial charge in [0.25, 0.3) is 0 Å². The summed E-state index contributed by atoms with van der Waals surface area (Å²) in [6.45, 7) is 9.85. The minimum atomic E-state index is -0.735. The van der Waals surface area contributed by atoms with Crippen molar-refractivity contribution in [3.63, 3.8) is 0 Å². The van der Waals surface area contributed by atoms with Crippen LogP contribution in [0.1, 0.15) is 34.1 Å². The maximum Gasteiger partial charge on any atom is 0.310 e. The Morgan fingerprint density at radius 2 is 2.19 bits per heavy atom. The number of ether oxygens (including phenoxy) is 1. The van der Waals surface area contributed by atoms with E-state index in [0.29, 0.717) is 19.2 Å². The highest BCUT2D eigenvalue weighted by Crippen LogP contribution is 2.22. The van der Waals surface area contributed by atoms with Crippen molar-refractivity contribution in [1.82, 2.24) is 4.90 Å². The molecule has 0 radical (unpaired) electrons. The minimum absolute atomic E-state index is 0.201. The van der Waals surface area contributed by atoms with Crippen molar-refractivity contribution in [2.24, 2.45) is 5.41 Å². The van der Waals surface area contributed by atoms with Crippen LogP contribution in [0.5, 0.6) is 0 Å². The summed E-state index contributed by atoms with van der Waals surface area (Å²) in [5.41, 5.74) is -0.690. The second-order valence-corrected chi connectivity index (χ2v) is 5.32. The Labute approximate surface area is 97.6 Å². The summed E-state index contributed by atoms with van der Waals surface area (Å²) in [7, 11) is 0. The zero-order chi connectivity index (χ0) is 12.3. The largest absolute Gasteiger partial charge is 0.481 e. The maximum atomic E-state index is 11.1. The fraction of sp³-hybridized carbons (Fsp3) is 0.917. The first-order chi connectivity index (χ1) is 7.36. The Kier molecular flexibility index (Phi) is 4.33. The van der Waals surface area contributed by atoms with Crippen molar-refractivity contribution < 1.29 is 14.6 Å². The number of nitrogens with zero attached hydrogens (tertiary/aromatic N) is 1. The molecule has 0 spiro atoms. The summed E-state index contributed by atoms with van der Waals surface area (Å²) < 4.78 is 5.60. The zero-order valence-electron chi connectivity index (χ0n) is 10.7. The molecule has 2 unspecified atom stereocenters. The van der Waals surface area contributed by atoms with E-state index in [1.54, 1.807) is 13.8 Å². The number of hydrogen-bond donors (Lipinski definition) is 1. The lowest BCUT2D eigenvalue weighted by molar-refractivity contribution is -0.150. The topological polar surface area (TPSA) is 49.8 Å². The van der Waals surface area contributed by atoms with E-state index in [9.17, 15) is 4.79 Å². The van der Waals surface area contributed by atoms with E-state index in [1.165, 1.54) is 0 Å². The molecule has 16 heavy (non-hydrogen) atoms. The number of aliphatic carboxylic acids is 1. The van der Waals surface area contributed by atoms with Crippen LogP contribution >= 0.6 is 0 Å². The summed E-state index contributed by atoms with van der Waals surface area (Å²) in [4.78, 5) is 13.4. The third-order valence-electron chi connectivity index (χ3n) is 3.23. The monoisotopic (exact) mass is 229 g/mol. The van der Waals surface area contributed by atoms with E-state index in [-0.39, 0.29) is 6.10 Å². The summed E-state index contributed by atoms with van der Waals surface area (Å²) in [5, 5.41) is 9.14. The van der Waals surface area contributed by atoms with Gasteiger partial charge in [-0.1, -0.05) is 6.92 Å². The van der Waals surface area contributed by atoms with E-state index in [4.69, 9.17) is 9.84 Å². The molecule has 1 heterocycles. The van der Waals surface area contributed by atoms with E-state index >= 15 is 0 Å². The van der Waals surface area contributed by atoms with Gasteiger partial charge in [0.15, 0.2) is 0 Å². The van der Waals surface area contributed by atoms with Crippen LogP contribution in [0.3, 0.4) is 0 Å². The maximum absolute atomic E-state index is 11.1. The van der Waals surface area contributed by atoms with Crippen molar-refractivity contribution in [3.8, 4) is 0 Å². The molecule has 0 aromatic rings. The van der Waals surface area contributed by atoms with E-state index in [1.807, 2.05) is 6.92 Å². The van der Waals surface area contributed by atoms with Gasteiger partial charge in [0.1, 0.15) is 0 Å². The van der Waals surface area contributed by atoms with Gasteiger partial charge in [-0.25, -0.2) is 0 Å². The molecule has 94 valence electrons. The fourth-order valence-corrected chi connectivity index (χ4v) is 2.06. The lowest BCUT2D eigenvalue weighted by Gasteiger charge is -2.41. The third kappa shape index (κ3) is 3.19. The number of morpholine rings is 1. The fourth-order valence-electron chi connectivity index (χ4n) is 2.06. The molecule has 0 amide bonds. The molecule has 1 fully saturated rings. The highest BCUT2D eigenvalue weighted by atomic mass is 16.5. The molecule has 1 saturated heterocycles. The van der Waals surface area contributed by atoms with Crippen molar-refractivity contribution in [3.05, 3.63) is 0 Å². The molecule has 0 aromatic carbocycles. The Morgan fingerprint density at radius 3 is 2.69 bits per heavy atom. The van der Waals surface area contributed by atoms with Gasteiger partial charge in [-0.2, -0.15) is 0 Å². The molecule has 4 heteroatoms. The Hall–Kier alpha value is -0.610. The smallest absolute Gasteiger partial charge is 0.310 e. The lowest BCUT2D eigenvalue weighted by atomic mass is 9.91. The average Bonchev–Trinajstić information content (AvgIpc) is 2.17. The van der Waals surface area contributed by atoms with Crippen LogP contribution in [0.25, 0.3) is 0 Å². The van der Waals surface area contributed by atoms with Gasteiger partial charge in [-0.05, 0) is 27.2 Å². The molecular formula is C12H23NO3. The van der Waals surface area contributed by atoms with Gasteiger partial charge in [-0.3, -0.25) is 9.69 Å². The molecule has 0 aliphatic carbocycles. The van der Waals surface area contributed by atoms with Crippen LogP contribution in [-0.4, -0.2) is 47.8 Å². The van der Waals surface area contributed by atoms with Gasteiger partial charge in [0.2, 0.25) is 0 Å². The normalized spacial score (nSPS) is 28.0. The number of hydrogen-bond acceptors (Lipinski definition) is 3. The molecule has 1 rings (SSSR count). The molecule has 1 N–H and O–H groups in total. The minimum Gasteiger partial charge on any atom is -0.481 e. The molecular weight excluding hydrogens is 206 g/mol. The summed E-state index contributed by atoms with van der Waals surface area (Å²) in [6.07, 6.45) is 1.20. The van der Waals surface area contributed by atoms with Crippen LogP contribution in [0.15, 0.2) is 0 Å². The summed E-state index contributed by atoms with van der Waals surface area (Å²) >= 11 is 0. The Balaban J connectivity index is 2.65. The van der Waals surface area contributed by atoms with Crippen LogP contribution in [0.4, 0.5) is 0 Å². The molecule has 2 atom stereocenters. The highest BCUT2D eigenvalue weighted by Gasteiger charge is 2.34. The highest BCUT2D eigenvalue weighted by molar-refractivity contribution is 5.73. The first-order valence-corrected chi connectivity index (χ1v) is 5.96. The predicted molar refractivity (Wildman–Crippen MR) is 62.5 cm³/mol. The summed E-state index contributed by atoms with van der Waals surface area (Å²) in [6, 6.07) is 0.356. The van der Waals surface area contributed by atoms with Crippen molar-refractivity contribution in [2.75, 3.05) is 19.7 Å². The number of carboxylic acids is 1. The van der Waals surface area contributed by atoms with Crippen LogP contribution < -0.4 is 0 Å². The lowest BCUT2D eigenvalue weighted by Crippen LogP contribution is -2.52. The van der Waals surface area contributed by atoms with Crippen molar-refractivity contribution in [1.29, 1.82) is 0 Å². The van der Waals surface area contributed by atoms with Gasteiger partial charge in [-0.15, -0.1) is 0 Å². The first kappa shape index (κ1) is 13.5. The zero-order valence-corrected chi connectivity index (χ0v) is 10.7. The van der Waals surface area contributed by atoms with E-state index in [2.05, 4.69) is 11.8 Å².